The minimum absolute atomic E-state index is 0.00816. The highest BCUT2D eigenvalue weighted by Gasteiger charge is 2.51. The third-order valence-electron chi connectivity index (χ3n) is 3.58. The van der Waals surface area contributed by atoms with Crippen molar-refractivity contribution in [2.45, 2.75) is 38.4 Å². The summed E-state index contributed by atoms with van der Waals surface area (Å²) in [6.07, 6.45) is 1.24. The molecule has 2 heterocycles. The number of ether oxygens (including phenoxy) is 3. The number of amides is 1. The van der Waals surface area contributed by atoms with Crippen LogP contribution in [0.4, 0.5) is 10.5 Å². The van der Waals surface area contributed by atoms with Crippen LogP contribution in [0.25, 0.3) is 0 Å². The number of anilines is 1. The molecule has 1 aromatic rings. The summed E-state index contributed by atoms with van der Waals surface area (Å²) in [5, 5.41) is 0. The number of carbonyl (C=O) groups excluding carboxylic acids is 2. The van der Waals surface area contributed by atoms with Gasteiger partial charge in [-0.15, -0.1) is 0 Å². The van der Waals surface area contributed by atoms with Crippen molar-refractivity contribution in [1.82, 2.24) is 9.88 Å². The Hall–Kier alpha value is -2.03. The van der Waals surface area contributed by atoms with Gasteiger partial charge < -0.3 is 24.8 Å². The fourth-order valence-electron chi connectivity index (χ4n) is 2.45. The number of halogens is 1. The third kappa shape index (κ3) is 4.53. The normalized spacial score (nSPS) is 20.3. The fourth-order valence-corrected chi connectivity index (χ4v) is 2.80. The summed E-state index contributed by atoms with van der Waals surface area (Å²) in [6.45, 7) is 5.61. The smallest absolute Gasteiger partial charge is 0.410 e. The summed E-state index contributed by atoms with van der Waals surface area (Å²) in [4.78, 5) is 30.2. The van der Waals surface area contributed by atoms with E-state index < -0.39 is 23.3 Å². The maximum absolute atomic E-state index is 12.4. The molecule has 0 bridgehead atoms. The van der Waals surface area contributed by atoms with Crippen molar-refractivity contribution in [3.63, 3.8) is 0 Å². The van der Waals surface area contributed by atoms with E-state index in [1.807, 2.05) is 0 Å². The highest BCUT2D eigenvalue weighted by atomic mass is 79.9. The lowest BCUT2D eigenvalue weighted by Crippen LogP contribution is -2.49. The average Bonchev–Trinajstić information content (AvgIpc) is 2.93. The van der Waals surface area contributed by atoms with E-state index >= 15 is 0 Å². The van der Waals surface area contributed by atoms with Crippen LogP contribution in [0.1, 0.15) is 27.2 Å². The molecule has 1 atom stereocenters. The van der Waals surface area contributed by atoms with E-state index in [0.717, 1.165) is 0 Å². The molecule has 2 N–H and O–H groups in total. The highest BCUT2D eigenvalue weighted by molar-refractivity contribution is 9.10. The number of pyridine rings is 1. The predicted molar refractivity (Wildman–Crippen MR) is 94.1 cm³/mol. The quantitative estimate of drug-likeness (QED) is 0.755. The number of carbonyl (C=O) groups is 2. The Morgan fingerprint density at radius 1 is 1.40 bits per heavy atom. The number of likely N-dealkylation sites (tertiary alicyclic amines) is 1. The maximum Gasteiger partial charge on any atom is 0.410 e. The van der Waals surface area contributed by atoms with Gasteiger partial charge in [0.2, 0.25) is 11.5 Å². The van der Waals surface area contributed by atoms with E-state index in [0.29, 0.717) is 11.0 Å². The van der Waals surface area contributed by atoms with Gasteiger partial charge in [-0.3, -0.25) is 0 Å². The average molecular weight is 416 g/mol. The first kappa shape index (κ1) is 19.3. The molecular weight excluding hydrogens is 394 g/mol. The van der Waals surface area contributed by atoms with Crippen LogP contribution in [0.5, 0.6) is 5.88 Å². The Labute approximate surface area is 154 Å². The molecular formula is C16H22BrN3O5. The molecule has 1 aromatic heterocycles. The zero-order valence-corrected chi connectivity index (χ0v) is 16.3. The Morgan fingerprint density at radius 2 is 2.08 bits per heavy atom. The molecule has 1 fully saturated rings. The number of nitrogens with two attached hydrogens (primary N) is 1. The van der Waals surface area contributed by atoms with Gasteiger partial charge in [-0.2, -0.15) is 0 Å². The molecule has 1 amide bonds. The van der Waals surface area contributed by atoms with Crippen LogP contribution in [-0.4, -0.2) is 53.3 Å². The summed E-state index contributed by atoms with van der Waals surface area (Å²) in [5.74, 6) is -0.484. The molecule has 0 radical (unpaired) electrons. The van der Waals surface area contributed by atoms with E-state index in [2.05, 4.69) is 20.9 Å². The van der Waals surface area contributed by atoms with Crippen molar-refractivity contribution in [1.29, 1.82) is 0 Å². The number of hydrogen-bond donors (Lipinski definition) is 1. The van der Waals surface area contributed by atoms with Crippen LogP contribution in [0.2, 0.25) is 0 Å². The monoisotopic (exact) mass is 415 g/mol. The van der Waals surface area contributed by atoms with Crippen molar-refractivity contribution in [3.8, 4) is 5.88 Å². The number of aromatic nitrogens is 1. The van der Waals surface area contributed by atoms with E-state index in [4.69, 9.17) is 19.9 Å². The van der Waals surface area contributed by atoms with Crippen LogP contribution in [0.15, 0.2) is 16.7 Å². The molecule has 0 aliphatic carbocycles. The number of esters is 1. The van der Waals surface area contributed by atoms with E-state index in [1.54, 1.807) is 26.8 Å². The van der Waals surface area contributed by atoms with Crippen molar-refractivity contribution in [2.24, 2.45) is 0 Å². The SMILES string of the molecule is COC(=O)C1(Oc2ncc(Br)cc2N)CCN(C(=O)OC(C)(C)C)C1. The Balaban J connectivity index is 2.22. The van der Waals surface area contributed by atoms with E-state index in [1.165, 1.54) is 18.2 Å². The minimum Gasteiger partial charge on any atom is -0.466 e. The molecule has 9 heteroatoms. The molecule has 1 saturated heterocycles. The lowest BCUT2D eigenvalue weighted by molar-refractivity contribution is -0.158. The van der Waals surface area contributed by atoms with Gasteiger partial charge in [0.25, 0.3) is 0 Å². The predicted octanol–water partition coefficient (Wildman–Crippen LogP) is 2.36. The largest absolute Gasteiger partial charge is 0.466 e. The Morgan fingerprint density at radius 3 is 2.64 bits per heavy atom. The van der Waals surface area contributed by atoms with Gasteiger partial charge in [-0.05, 0) is 42.8 Å². The zero-order chi connectivity index (χ0) is 18.8. The first-order valence-corrected chi connectivity index (χ1v) is 8.52. The van der Waals surface area contributed by atoms with Gasteiger partial charge in [-0.25, -0.2) is 14.6 Å². The Kier molecular flexibility index (Phi) is 5.46. The minimum atomic E-state index is -1.37. The van der Waals surface area contributed by atoms with Gasteiger partial charge in [0.05, 0.1) is 19.3 Å². The second kappa shape index (κ2) is 7.07. The molecule has 138 valence electrons. The van der Waals surface area contributed by atoms with Crippen molar-refractivity contribution in [2.75, 3.05) is 25.9 Å². The number of rotatable bonds is 3. The maximum atomic E-state index is 12.4. The lowest BCUT2D eigenvalue weighted by Gasteiger charge is -2.28. The van der Waals surface area contributed by atoms with E-state index in [9.17, 15) is 9.59 Å². The number of methoxy groups -OCH3 is 1. The molecule has 1 unspecified atom stereocenters. The molecule has 8 nitrogen and oxygen atoms in total. The second-order valence-electron chi connectivity index (χ2n) is 6.79. The van der Waals surface area contributed by atoms with Crippen LogP contribution < -0.4 is 10.5 Å². The summed E-state index contributed by atoms with van der Waals surface area (Å²) >= 11 is 3.26. The highest BCUT2D eigenvalue weighted by Crippen LogP contribution is 2.32. The lowest BCUT2D eigenvalue weighted by atomic mass is 10.0. The van der Waals surface area contributed by atoms with Crippen LogP contribution >= 0.6 is 15.9 Å². The summed E-state index contributed by atoms with van der Waals surface area (Å²) in [7, 11) is 1.27. The van der Waals surface area contributed by atoms with Crippen LogP contribution in [0, 0.1) is 0 Å². The number of nitrogen functional groups attached to an aromatic ring is 1. The van der Waals surface area contributed by atoms with Gasteiger partial charge >= 0.3 is 12.1 Å². The van der Waals surface area contributed by atoms with Gasteiger partial charge in [-0.1, -0.05) is 0 Å². The first-order valence-electron chi connectivity index (χ1n) is 7.73. The summed E-state index contributed by atoms with van der Waals surface area (Å²) in [6, 6.07) is 1.62. The van der Waals surface area contributed by atoms with Gasteiger partial charge in [0.1, 0.15) is 5.60 Å². The van der Waals surface area contributed by atoms with Crippen molar-refractivity contribution in [3.05, 3.63) is 16.7 Å². The third-order valence-corrected chi connectivity index (χ3v) is 4.01. The van der Waals surface area contributed by atoms with Crippen molar-refractivity contribution < 1.29 is 23.8 Å². The van der Waals surface area contributed by atoms with Crippen LogP contribution in [0.3, 0.4) is 0 Å². The fraction of sp³-hybridized carbons (Fsp3) is 0.562. The summed E-state index contributed by atoms with van der Waals surface area (Å²) < 4.78 is 16.7. The number of nitrogens with zero attached hydrogens (tertiary/aromatic N) is 2. The summed E-state index contributed by atoms with van der Waals surface area (Å²) in [5.41, 5.74) is 4.17. The molecule has 1 aliphatic rings. The van der Waals surface area contributed by atoms with Crippen LogP contribution in [-0.2, 0) is 14.3 Å². The molecule has 25 heavy (non-hydrogen) atoms. The number of hydrogen-bond acceptors (Lipinski definition) is 7. The second-order valence-corrected chi connectivity index (χ2v) is 7.70. The Bertz CT molecular complexity index is 676. The zero-order valence-electron chi connectivity index (χ0n) is 14.7. The molecule has 0 saturated carbocycles. The molecule has 0 aromatic carbocycles. The standard InChI is InChI=1S/C16H22BrN3O5/c1-15(2,3)25-14(22)20-6-5-16(9-20,13(21)23-4)24-12-11(18)7-10(17)8-19-12/h7-8H,5-6,9,18H2,1-4H3. The molecule has 0 spiro atoms. The van der Waals surface area contributed by atoms with Gasteiger partial charge in [0, 0.05) is 23.6 Å². The first-order chi connectivity index (χ1) is 11.6. The molecule has 2 rings (SSSR count). The topological polar surface area (TPSA) is 104 Å². The van der Waals surface area contributed by atoms with Crippen molar-refractivity contribution >= 4 is 33.7 Å². The van der Waals surface area contributed by atoms with Gasteiger partial charge in [0.15, 0.2) is 0 Å². The van der Waals surface area contributed by atoms with E-state index in [-0.39, 0.29) is 24.5 Å². The molecule has 1 aliphatic heterocycles.